The van der Waals surface area contributed by atoms with Gasteiger partial charge in [-0.05, 0) is 50.7 Å². The van der Waals surface area contributed by atoms with Crippen LogP contribution in [0.1, 0.15) is 29.8 Å². The highest BCUT2D eigenvalue weighted by molar-refractivity contribution is 6.31. The number of aromatic nitrogens is 3. The van der Waals surface area contributed by atoms with Crippen molar-refractivity contribution in [1.29, 1.82) is 0 Å². The number of carbonyl (C=O) groups is 1. The molecule has 192 valence electrons. The number of benzene rings is 2. The van der Waals surface area contributed by atoms with Crippen molar-refractivity contribution in [2.24, 2.45) is 0 Å². The van der Waals surface area contributed by atoms with E-state index < -0.39 is 11.6 Å². The Morgan fingerprint density at radius 3 is 2.70 bits per heavy atom. The predicted octanol–water partition coefficient (Wildman–Crippen LogP) is 5.07. The van der Waals surface area contributed by atoms with E-state index in [0.717, 1.165) is 18.1 Å². The molecule has 2 aromatic heterocycles. The maximum atomic E-state index is 14.4. The molecule has 4 aromatic rings. The van der Waals surface area contributed by atoms with Gasteiger partial charge < -0.3 is 9.64 Å². The van der Waals surface area contributed by atoms with Crippen LogP contribution in [0.15, 0.2) is 48.8 Å². The molecule has 1 aliphatic heterocycles. The average Bonchev–Trinajstić information content (AvgIpc) is 3.28. The second-order valence-electron chi connectivity index (χ2n) is 9.28. The summed E-state index contributed by atoms with van der Waals surface area (Å²) in [5.41, 5.74) is 3.15. The van der Waals surface area contributed by atoms with Gasteiger partial charge >= 0.3 is 0 Å². The van der Waals surface area contributed by atoms with E-state index in [4.69, 9.17) is 16.3 Å². The number of nitrogens with zero attached hydrogens (tertiary/aromatic N) is 5. The molecule has 10 heteroatoms. The first-order valence-electron chi connectivity index (χ1n) is 11.9. The molecule has 1 atom stereocenters. The highest BCUT2D eigenvalue weighted by Gasteiger charge is 2.29. The van der Waals surface area contributed by atoms with Gasteiger partial charge in [-0.25, -0.2) is 18.4 Å². The van der Waals surface area contributed by atoms with E-state index in [0.29, 0.717) is 46.9 Å². The first-order valence-corrected chi connectivity index (χ1v) is 12.3. The van der Waals surface area contributed by atoms with E-state index in [1.807, 2.05) is 44.0 Å². The minimum atomic E-state index is -0.476. The number of amides is 1. The summed E-state index contributed by atoms with van der Waals surface area (Å²) in [5.74, 6) is -0.452. The van der Waals surface area contributed by atoms with Gasteiger partial charge in [0, 0.05) is 29.7 Å². The molecule has 0 N–H and O–H groups in total. The van der Waals surface area contributed by atoms with Gasteiger partial charge in [-0.1, -0.05) is 23.7 Å². The number of rotatable bonds is 6. The number of aryl methyl sites for hydroxylation is 1. The standard InChI is InChI=1S/C27H26ClF2N5O2/c1-16-9-24(35-13-19(30)12-31-35)20-5-4-6-25(27(20)32-16)37-15-22-21(10-18(29)11-23(22)28)17(2)34-8-7-33(3)14-26(34)36/h4-6,9-13,17H,7-8,14-15H2,1-3H3. The molecule has 0 spiro atoms. The van der Waals surface area contributed by atoms with Gasteiger partial charge in [0.15, 0.2) is 5.82 Å². The summed E-state index contributed by atoms with van der Waals surface area (Å²) in [5, 5.41) is 5.04. The van der Waals surface area contributed by atoms with Gasteiger partial charge in [0.05, 0.1) is 35.7 Å². The van der Waals surface area contributed by atoms with E-state index >= 15 is 0 Å². The molecular weight excluding hydrogens is 500 g/mol. The Bertz CT molecular complexity index is 1490. The van der Waals surface area contributed by atoms with Gasteiger partial charge in [-0.3, -0.25) is 9.69 Å². The number of para-hydroxylation sites is 1. The van der Waals surface area contributed by atoms with Gasteiger partial charge in [0.2, 0.25) is 5.91 Å². The van der Waals surface area contributed by atoms with Gasteiger partial charge in [-0.2, -0.15) is 5.10 Å². The van der Waals surface area contributed by atoms with Crippen LogP contribution >= 0.6 is 11.6 Å². The molecule has 1 saturated heterocycles. The Labute approximate surface area is 218 Å². The Kier molecular flexibility index (Phi) is 6.83. The molecule has 0 saturated carbocycles. The molecular formula is C27H26ClF2N5O2. The average molecular weight is 526 g/mol. The van der Waals surface area contributed by atoms with Crippen molar-refractivity contribution in [3.63, 3.8) is 0 Å². The molecule has 0 bridgehead atoms. The lowest BCUT2D eigenvalue weighted by Crippen LogP contribution is -2.49. The summed E-state index contributed by atoms with van der Waals surface area (Å²) in [7, 11) is 1.90. The van der Waals surface area contributed by atoms with Crippen molar-refractivity contribution in [3.05, 3.63) is 82.3 Å². The molecule has 1 aliphatic rings. The molecule has 3 heterocycles. The molecule has 0 aliphatic carbocycles. The summed E-state index contributed by atoms with van der Waals surface area (Å²) in [6.45, 7) is 5.33. The Hall–Kier alpha value is -3.56. The van der Waals surface area contributed by atoms with Crippen LogP contribution in [-0.2, 0) is 11.4 Å². The monoisotopic (exact) mass is 525 g/mol. The summed E-state index contributed by atoms with van der Waals surface area (Å²) in [6, 6.07) is 9.56. The lowest BCUT2D eigenvalue weighted by molar-refractivity contribution is -0.137. The minimum Gasteiger partial charge on any atom is -0.487 e. The van der Waals surface area contributed by atoms with E-state index in [-0.39, 0.29) is 23.6 Å². The second-order valence-corrected chi connectivity index (χ2v) is 9.69. The topological polar surface area (TPSA) is 63.5 Å². The number of pyridine rings is 1. The van der Waals surface area contributed by atoms with Crippen LogP contribution in [0.5, 0.6) is 5.75 Å². The van der Waals surface area contributed by atoms with Crippen LogP contribution in [0.3, 0.4) is 0 Å². The fraction of sp³-hybridized carbons (Fsp3) is 0.296. The van der Waals surface area contributed by atoms with Gasteiger partial charge in [0.25, 0.3) is 0 Å². The number of likely N-dealkylation sites (N-methyl/N-ethyl adjacent to an activating group) is 1. The Morgan fingerprint density at radius 1 is 1.16 bits per heavy atom. The first kappa shape index (κ1) is 25.1. The number of hydrogen-bond acceptors (Lipinski definition) is 5. The fourth-order valence-corrected chi connectivity index (χ4v) is 5.01. The lowest BCUT2D eigenvalue weighted by Gasteiger charge is -2.37. The molecule has 0 radical (unpaired) electrons. The predicted molar refractivity (Wildman–Crippen MR) is 137 cm³/mol. The molecule has 1 fully saturated rings. The third-order valence-corrected chi connectivity index (χ3v) is 6.98. The van der Waals surface area contributed by atoms with Crippen LogP contribution in [0.2, 0.25) is 5.02 Å². The molecule has 5 rings (SSSR count). The van der Waals surface area contributed by atoms with E-state index in [1.54, 1.807) is 11.0 Å². The highest BCUT2D eigenvalue weighted by atomic mass is 35.5. The van der Waals surface area contributed by atoms with E-state index in [1.165, 1.54) is 23.0 Å². The van der Waals surface area contributed by atoms with Crippen molar-refractivity contribution in [3.8, 4) is 11.4 Å². The van der Waals surface area contributed by atoms with Crippen LogP contribution in [0.25, 0.3) is 16.6 Å². The second kappa shape index (κ2) is 10.1. The van der Waals surface area contributed by atoms with E-state index in [2.05, 4.69) is 10.1 Å². The number of halogens is 3. The maximum absolute atomic E-state index is 14.4. The SMILES string of the molecule is Cc1cc(-n2cc(F)cn2)c2cccc(OCc3c(Cl)cc(F)cc3C(C)N3CCN(C)CC3=O)c2n1. The zero-order valence-electron chi connectivity index (χ0n) is 20.7. The first-order chi connectivity index (χ1) is 17.7. The van der Waals surface area contributed by atoms with Gasteiger partial charge in [0.1, 0.15) is 23.7 Å². The normalized spacial score (nSPS) is 15.4. The van der Waals surface area contributed by atoms with Crippen LogP contribution < -0.4 is 4.74 Å². The zero-order chi connectivity index (χ0) is 26.3. The lowest BCUT2D eigenvalue weighted by atomic mass is 9.99. The number of hydrogen-bond donors (Lipinski definition) is 0. The van der Waals surface area contributed by atoms with Crippen molar-refractivity contribution >= 4 is 28.4 Å². The maximum Gasteiger partial charge on any atom is 0.237 e. The minimum absolute atomic E-state index is 0.0233. The summed E-state index contributed by atoms with van der Waals surface area (Å²) in [6.07, 6.45) is 2.44. The van der Waals surface area contributed by atoms with E-state index in [9.17, 15) is 13.6 Å². The Morgan fingerprint density at radius 2 is 1.97 bits per heavy atom. The van der Waals surface area contributed by atoms with Crippen LogP contribution in [0, 0.1) is 18.6 Å². The number of fused-ring (bicyclic) bond motifs is 1. The van der Waals surface area contributed by atoms with Crippen LogP contribution in [0.4, 0.5) is 8.78 Å². The smallest absolute Gasteiger partial charge is 0.237 e. The number of ether oxygens (including phenoxy) is 1. The number of carbonyl (C=O) groups excluding carboxylic acids is 1. The summed E-state index contributed by atoms with van der Waals surface area (Å²) in [4.78, 5) is 21.0. The molecule has 1 amide bonds. The van der Waals surface area contributed by atoms with Crippen molar-refractivity contribution in [2.75, 3.05) is 26.7 Å². The summed E-state index contributed by atoms with van der Waals surface area (Å²) >= 11 is 6.50. The summed E-state index contributed by atoms with van der Waals surface area (Å²) < 4.78 is 35.8. The third kappa shape index (κ3) is 5.01. The van der Waals surface area contributed by atoms with Gasteiger partial charge in [-0.15, -0.1) is 0 Å². The molecule has 7 nitrogen and oxygen atoms in total. The molecule has 1 unspecified atom stereocenters. The van der Waals surface area contributed by atoms with Crippen molar-refractivity contribution in [1.82, 2.24) is 24.6 Å². The fourth-order valence-electron chi connectivity index (χ4n) is 4.75. The largest absolute Gasteiger partial charge is 0.487 e. The third-order valence-electron chi connectivity index (χ3n) is 6.64. The quantitative estimate of drug-likeness (QED) is 0.351. The van der Waals surface area contributed by atoms with Crippen molar-refractivity contribution in [2.45, 2.75) is 26.5 Å². The highest BCUT2D eigenvalue weighted by Crippen LogP contribution is 2.34. The zero-order valence-corrected chi connectivity index (χ0v) is 21.5. The number of piperazine rings is 1. The molecule has 2 aromatic carbocycles. The van der Waals surface area contributed by atoms with Crippen molar-refractivity contribution < 1.29 is 18.3 Å². The van der Waals surface area contributed by atoms with Crippen LogP contribution in [-0.4, -0.2) is 57.2 Å². The Balaban J connectivity index is 1.49. The molecule has 37 heavy (non-hydrogen) atoms.